The smallest absolute Gasteiger partial charge is 0.183 e. The first-order valence-corrected chi connectivity index (χ1v) is 12.1. The Kier molecular flexibility index (Phi) is 8.25. The Morgan fingerprint density at radius 3 is 2.40 bits per heavy atom. The summed E-state index contributed by atoms with van der Waals surface area (Å²) in [5.74, 6) is -2.18. The summed E-state index contributed by atoms with van der Waals surface area (Å²) in [6.07, 6.45) is 4.31. The quantitative estimate of drug-likeness (QED) is 0.363. The lowest BCUT2D eigenvalue weighted by Gasteiger charge is -2.49. The van der Waals surface area contributed by atoms with Crippen LogP contribution in [0.25, 0.3) is 0 Å². The van der Waals surface area contributed by atoms with Crippen LogP contribution in [0.5, 0.6) is 0 Å². The predicted molar refractivity (Wildman–Crippen MR) is 119 cm³/mol. The van der Waals surface area contributed by atoms with Crippen LogP contribution in [-0.2, 0) is 9.53 Å². The summed E-state index contributed by atoms with van der Waals surface area (Å²) in [7, 11) is 0. The maximum Gasteiger partial charge on any atom is 0.183 e. The lowest BCUT2D eigenvalue weighted by Crippen LogP contribution is -2.61. The molecule has 7 atom stereocenters. The first-order valence-electron chi connectivity index (χ1n) is 11.0. The monoisotopic (exact) mass is 444 g/mol. The summed E-state index contributed by atoms with van der Waals surface area (Å²) in [5.41, 5.74) is -0.426. The summed E-state index contributed by atoms with van der Waals surface area (Å²) >= 11 is 1.54. The average molecular weight is 445 g/mol. The van der Waals surface area contributed by atoms with Crippen molar-refractivity contribution in [2.24, 2.45) is 28.6 Å². The van der Waals surface area contributed by atoms with Gasteiger partial charge in [-0.15, -0.1) is 11.8 Å². The van der Waals surface area contributed by atoms with E-state index in [0.29, 0.717) is 0 Å². The Hall–Kier alpha value is -0.440. The summed E-state index contributed by atoms with van der Waals surface area (Å²) in [6.45, 7) is 12.1. The molecule has 2 rings (SSSR count). The van der Waals surface area contributed by atoms with Gasteiger partial charge in [0.15, 0.2) is 11.6 Å². The minimum absolute atomic E-state index is 0.00187. The standard InChI is InChI=1S/C23H40O6S/c1-7-22(6,13-21(4,5)9-8-16(25)14(2)3)10-11-30-20-17-19(27)18(26)15(12-24)23(17,28)29-20/h8-9,14-15,17-20,24,26-28H,7,10-13H2,1-6H3. The Morgan fingerprint density at radius 2 is 1.87 bits per heavy atom. The van der Waals surface area contributed by atoms with Crippen LogP contribution >= 0.6 is 11.8 Å². The van der Waals surface area contributed by atoms with E-state index in [-0.39, 0.29) is 22.5 Å². The van der Waals surface area contributed by atoms with Gasteiger partial charge in [-0.3, -0.25) is 4.79 Å². The van der Waals surface area contributed by atoms with Gasteiger partial charge in [-0.2, -0.15) is 0 Å². The number of carbonyl (C=O) groups excluding carboxylic acids is 1. The molecule has 7 unspecified atom stereocenters. The van der Waals surface area contributed by atoms with Crippen molar-refractivity contribution in [1.82, 2.24) is 0 Å². The molecule has 30 heavy (non-hydrogen) atoms. The van der Waals surface area contributed by atoms with Crippen molar-refractivity contribution in [2.45, 2.75) is 84.2 Å². The molecule has 0 radical (unpaired) electrons. The molecular formula is C23H40O6S. The normalized spacial score (nSPS) is 36.0. The zero-order valence-electron chi connectivity index (χ0n) is 19.2. The second-order valence-corrected chi connectivity index (χ2v) is 11.6. The van der Waals surface area contributed by atoms with E-state index in [1.165, 1.54) is 11.8 Å². The molecule has 0 aromatic heterocycles. The molecule has 2 aliphatic rings. The number of fused-ring (bicyclic) bond motifs is 1. The van der Waals surface area contributed by atoms with Crippen molar-refractivity contribution >= 4 is 17.5 Å². The number of rotatable bonds is 11. The molecule has 0 spiro atoms. The SMILES string of the molecule is CCC(C)(CCSC1OC2(O)C(CO)C(O)C(O)C12)CC(C)(C)C=CC(=O)C(C)C. The molecule has 0 amide bonds. The number of hydrogen-bond acceptors (Lipinski definition) is 7. The highest BCUT2D eigenvalue weighted by Gasteiger charge is 2.70. The summed E-state index contributed by atoms with van der Waals surface area (Å²) in [6, 6.07) is 0. The second-order valence-electron chi connectivity index (χ2n) is 10.4. The third-order valence-corrected chi connectivity index (χ3v) is 8.08. The molecule has 6 nitrogen and oxygen atoms in total. The van der Waals surface area contributed by atoms with Crippen LogP contribution in [0, 0.1) is 28.6 Å². The number of carbonyl (C=O) groups is 1. The Morgan fingerprint density at radius 1 is 1.23 bits per heavy atom. The Bertz CT molecular complexity index is 635. The van der Waals surface area contributed by atoms with E-state index in [2.05, 4.69) is 27.7 Å². The largest absolute Gasteiger partial charge is 0.396 e. The van der Waals surface area contributed by atoms with E-state index in [0.717, 1.165) is 25.0 Å². The van der Waals surface area contributed by atoms with E-state index in [4.69, 9.17) is 4.74 Å². The average Bonchev–Trinajstić information content (AvgIpc) is 2.78. The maximum atomic E-state index is 11.9. The van der Waals surface area contributed by atoms with E-state index < -0.39 is 41.9 Å². The summed E-state index contributed by atoms with van der Waals surface area (Å²) < 4.78 is 5.62. The fourth-order valence-electron chi connectivity index (χ4n) is 4.74. The predicted octanol–water partition coefficient (Wildman–Crippen LogP) is 2.73. The number of ether oxygens (including phenoxy) is 1. The van der Waals surface area contributed by atoms with Crippen molar-refractivity contribution in [3.63, 3.8) is 0 Å². The highest BCUT2D eigenvalue weighted by atomic mass is 32.2. The van der Waals surface area contributed by atoms with Crippen molar-refractivity contribution in [1.29, 1.82) is 0 Å². The Labute approximate surface area is 185 Å². The summed E-state index contributed by atoms with van der Waals surface area (Å²) in [5, 5.41) is 40.3. The van der Waals surface area contributed by atoms with Crippen molar-refractivity contribution in [3.8, 4) is 0 Å². The topological polar surface area (TPSA) is 107 Å². The molecule has 1 saturated heterocycles. The number of aliphatic hydroxyl groups excluding tert-OH is 3. The van der Waals surface area contributed by atoms with Crippen LogP contribution in [0.3, 0.4) is 0 Å². The minimum Gasteiger partial charge on any atom is -0.396 e. The molecule has 2 fully saturated rings. The molecule has 0 aromatic carbocycles. The lowest BCUT2D eigenvalue weighted by molar-refractivity contribution is -0.355. The highest BCUT2D eigenvalue weighted by Crippen LogP contribution is 2.56. The second kappa shape index (κ2) is 9.59. The third kappa shape index (κ3) is 5.30. The van der Waals surface area contributed by atoms with Gasteiger partial charge in [-0.25, -0.2) is 0 Å². The molecule has 0 aromatic rings. The van der Waals surface area contributed by atoms with Gasteiger partial charge in [0.25, 0.3) is 0 Å². The number of ketones is 1. The number of allylic oxidation sites excluding steroid dienone is 2. The van der Waals surface area contributed by atoms with Gasteiger partial charge in [0.05, 0.1) is 30.7 Å². The molecular weight excluding hydrogens is 404 g/mol. The first kappa shape index (κ1) is 25.8. The zero-order valence-corrected chi connectivity index (χ0v) is 20.0. The molecule has 1 aliphatic heterocycles. The van der Waals surface area contributed by atoms with Crippen LogP contribution in [-0.4, -0.2) is 62.0 Å². The molecule has 1 heterocycles. The van der Waals surface area contributed by atoms with Gasteiger partial charge >= 0.3 is 0 Å². The van der Waals surface area contributed by atoms with E-state index in [9.17, 15) is 25.2 Å². The molecule has 4 N–H and O–H groups in total. The minimum atomic E-state index is -1.64. The highest BCUT2D eigenvalue weighted by molar-refractivity contribution is 7.99. The molecule has 1 aliphatic carbocycles. The number of thioether (sulfide) groups is 1. The molecule has 1 saturated carbocycles. The van der Waals surface area contributed by atoms with Gasteiger partial charge in [-0.05, 0) is 35.5 Å². The van der Waals surface area contributed by atoms with E-state index in [1.807, 2.05) is 19.9 Å². The van der Waals surface area contributed by atoms with Gasteiger partial charge in [0.1, 0.15) is 5.44 Å². The fraction of sp³-hybridized carbons (Fsp3) is 0.870. The van der Waals surface area contributed by atoms with Gasteiger partial charge < -0.3 is 25.2 Å². The number of hydrogen-bond donors (Lipinski definition) is 4. The van der Waals surface area contributed by atoms with Crippen LogP contribution in [0.1, 0.15) is 60.8 Å². The first-order chi connectivity index (χ1) is 13.8. The van der Waals surface area contributed by atoms with E-state index in [1.54, 1.807) is 6.08 Å². The summed E-state index contributed by atoms with van der Waals surface area (Å²) in [4.78, 5) is 11.9. The van der Waals surface area contributed by atoms with Crippen LogP contribution in [0.15, 0.2) is 12.2 Å². The van der Waals surface area contributed by atoms with Crippen molar-refractivity contribution in [2.75, 3.05) is 12.4 Å². The molecule has 174 valence electrons. The van der Waals surface area contributed by atoms with Crippen LogP contribution < -0.4 is 0 Å². The van der Waals surface area contributed by atoms with Gasteiger partial charge in [0.2, 0.25) is 0 Å². The zero-order chi connectivity index (χ0) is 22.9. The molecule has 7 heteroatoms. The van der Waals surface area contributed by atoms with Crippen LogP contribution in [0.4, 0.5) is 0 Å². The molecule has 0 bridgehead atoms. The van der Waals surface area contributed by atoms with E-state index >= 15 is 0 Å². The van der Waals surface area contributed by atoms with Crippen LogP contribution in [0.2, 0.25) is 0 Å². The lowest BCUT2D eigenvalue weighted by atomic mass is 9.71. The Balaban J connectivity index is 1.90. The maximum absolute atomic E-state index is 11.9. The fourth-order valence-corrected chi connectivity index (χ4v) is 6.37. The number of aliphatic hydroxyl groups is 4. The third-order valence-electron chi connectivity index (χ3n) is 6.93. The van der Waals surface area contributed by atoms with Crippen molar-refractivity contribution < 1.29 is 30.0 Å². The van der Waals surface area contributed by atoms with Gasteiger partial charge in [0, 0.05) is 5.92 Å². The van der Waals surface area contributed by atoms with Gasteiger partial charge in [-0.1, -0.05) is 54.0 Å². The van der Waals surface area contributed by atoms with Crippen molar-refractivity contribution in [3.05, 3.63) is 12.2 Å².